The van der Waals surface area contributed by atoms with Crippen LogP contribution in [0.2, 0.25) is 0 Å². The van der Waals surface area contributed by atoms with Crippen molar-refractivity contribution < 1.29 is 19.1 Å². The van der Waals surface area contributed by atoms with Crippen LogP contribution in [-0.4, -0.2) is 30.5 Å². The monoisotopic (exact) mass is 303 g/mol. The van der Waals surface area contributed by atoms with Crippen LogP contribution in [-0.2, 0) is 9.59 Å². The van der Waals surface area contributed by atoms with E-state index in [4.69, 9.17) is 4.74 Å². The third kappa shape index (κ3) is 3.03. The summed E-state index contributed by atoms with van der Waals surface area (Å²) < 4.78 is 5.55. The van der Waals surface area contributed by atoms with E-state index in [1.807, 2.05) is 24.3 Å². The number of hydrogen-bond acceptors (Lipinski definition) is 4. The number of carbonyl (C=O) groups excluding carboxylic acids is 3. The van der Waals surface area contributed by atoms with Crippen LogP contribution >= 0.6 is 0 Å². The lowest BCUT2D eigenvalue weighted by molar-refractivity contribution is -0.122. The molecule has 2 heterocycles. The van der Waals surface area contributed by atoms with Crippen LogP contribution in [0, 0.1) is 0 Å². The average molecular weight is 303 g/mol. The van der Waals surface area contributed by atoms with Crippen LogP contribution in [0.1, 0.15) is 30.9 Å². The molecule has 3 N–H and O–H groups in total. The Morgan fingerprint density at radius 1 is 1.32 bits per heavy atom. The number of nitrogens with one attached hydrogen (secondary N) is 3. The van der Waals surface area contributed by atoms with Gasteiger partial charge in [0.25, 0.3) is 5.91 Å². The minimum Gasteiger partial charge on any atom is -0.493 e. The van der Waals surface area contributed by atoms with Gasteiger partial charge in [0.2, 0.25) is 5.91 Å². The van der Waals surface area contributed by atoms with Gasteiger partial charge in [0, 0.05) is 18.4 Å². The Morgan fingerprint density at radius 2 is 2.14 bits per heavy atom. The second kappa shape index (κ2) is 6.05. The Labute approximate surface area is 127 Å². The molecular weight excluding hydrogens is 286 g/mol. The van der Waals surface area contributed by atoms with Crippen LogP contribution in [0.25, 0.3) is 0 Å². The molecule has 0 saturated carbocycles. The van der Waals surface area contributed by atoms with Crippen LogP contribution in [0.4, 0.5) is 4.79 Å². The Balaban J connectivity index is 1.54. The molecule has 1 aromatic rings. The lowest BCUT2D eigenvalue weighted by Crippen LogP contribution is -2.34. The van der Waals surface area contributed by atoms with Crippen molar-refractivity contribution in [2.45, 2.75) is 31.3 Å². The highest BCUT2D eigenvalue weighted by Crippen LogP contribution is 2.31. The molecule has 0 aliphatic carbocycles. The zero-order valence-electron chi connectivity index (χ0n) is 11.9. The maximum Gasteiger partial charge on any atom is 0.322 e. The molecule has 0 spiro atoms. The first kappa shape index (κ1) is 14.4. The van der Waals surface area contributed by atoms with Gasteiger partial charge in [0.15, 0.2) is 0 Å². The van der Waals surface area contributed by atoms with Gasteiger partial charge in [-0.25, -0.2) is 4.79 Å². The lowest BCUT2D eigenvalue weighted by Gasteiger charge is -2.26. The van der Waals surface area contributed by atoms with E-state index in [1.54, 1.807) is 0 Å². The number of amides is 4. The summed E-state index contributed by atoms with van der Waals surface area (Å²) in [4.78, 5) is 34.5. The van der Waals surface area contributed by atoms with Gasteiger partial charge in [0.1, 0.15) is 11.8 Å². The van der Waals surface area contributed by atoms with Gasteiger partial charge in [-0.1, -0.05) is 18.2 Å². The van der Waals surface area contributed by atoms with Crippen molar-refractivity contribution in [3.8, 4) is 5.75 Å². The fourth-order valence-corrected chi connectivity index (χ4v) is 2.70. The van der Waals surface area contributed by atoms with Gasteiger partial charge in [0.05, 0.1) is 12.6 Å². The fourth-order valence-electron chi connectivity index (χ4n) is 2.70. The van der Waals surface area contributed by atoms with Crippen molar-refractivity contribution in [1.29, 1.82) is 0 Å². The highest BCUT2D eigenvalue weighted by molar-refractivity contribution is 6.04. The molecule has 1 saturated heterocycles. The average Bonchev–Trinajstić information content (AvgIpc) is 2.83. The van der Waals surface area contributed by atoms with E-state index in [2.05, 4.69) is 16.0 Å². The normalized spacial score (nSPS) is 23.1. The van der Waals surface area contributed by atoms with E-state index in [0.717, 1.165) is 11.3 Å². The third-order valence-corrected chi connectivity index (χ3v) is 3.81. The molecule has 4 amide bonds. The second-order valence-electron chi connectivity index (χ2n) is 5.35. The fraction of sp³-hybridized carbons (Fsp3) is 0.400. The summed E-state index contributed by atoms with van der Waals surface area (Å²) in [6.45, 7) is 0.559. The summed E-state index contributed by atoms with van der Waals surface area (Å²) >= 11 is 0. The smallest absolute Gasteiger partial charge is 0.322 e. The highest BCUT2D eigenvalue weighted by atomic mass is 16.5. The number of para-hydroxylation sites is 1. The number of benzene rings is 1. The predicted molar refractivity (Wildman–Crippen MR) is 77.1 cm³/mol. The molecule has 2 aliphatic heterocycles. The first-order chi connectivity index (χ1) is 10.6. The third-order valence-electron chi connectivity index (χ3n) is 3.81. The van der Waals surface area contributed by atoms with Crippen molar-refractivity contribution in [2.75, 3.05) is 6.61 Å². The zero-order valence-corrected chi connectivity index (χ0v) is 11.9. The minimum atomic E-state index is -0.625. The molecule has 2 aliphatic rings. The van der Waals surface area contributed by atoms with Crippen molar-refractivity contribution >= 4 is 17.8 Å². The second-order valence-corrected chi connectivity index (χ2v) is 5.35. The van der Waals surface area contributed by atoms with Gasteiger partial charge >= 0.3 is 6.03 Å². The number of carbonyl (C=O) groups is 3. The quantitative estimate of drug-likeness (QED) is 0.710. The maximum absolute atomic E-state index is 12.1. The topological polar surface area (TPSA) is 96.5 Å². The molecule has 116 valence electrons. The summed E-state index contributed by atoms with van der Waals surface area (Å²) in [5, 5.41) is 7.59. The number of imide groups is 1. The molecule has 0 bridgehead atoms. The zero-order chi connectivity index (χ0) is 15.5. The van der Waals surface area contributed by atoms with Crippen LogP contribution in [0.5, 0.6) is 5.75 Å². The summed E-state index contributed by atoms with van der Waals surface area (Å²) in [6, 6.07) is 6.41. The molecule has 7 nitrogen and oxygen atoms in total. The number of urea groups is 1. The van der Waals surface area contributed by atoms with Gasteiger partial charge in [-0.2, -0.15) is 0 Å². The van der Waals surface area contributed by atoms with Gasteiger partial charge < -0.3 is 15.4 Å². The SMILES string of the molecule is O=C(CC[C@H]1NC(=O)NC1=O)N[C@@H]1CCOc2ccccc21. The summed E-state index contributed by atoms with van der Waals surface area (Å²) in [6.07, 6.45) is 1.18. The van der Waals surface area contributed by atoms with Gasteiger partial charge in [-0.3, -0.25) is 14.9 Å². The summed E-state index contributed by atoms with van der Waals surface area (Å²) in [5.74, 6) is 0.270. The van der Waals surface area contributed by atoms with Crippen LogP contribution < -0.4 is 20.7 Å². The molecule has 7 heteroatoms. The van der Waals surface area contributed by atoms with Crippen LogP contribution in [0.3, 0.4) is 0 Å². The Bertz CT molecular complexity index is 617. The van der Waals surface area contributed by atoms with Crippen molar-refractivity contribution in [2.24, 2.45) is 0 Å². The number of rotatable bonds is 4. The number of hydrogen-bond donors (Lipinski definition) is 3. The van der Waals surface area contributed by atoms with Crippen molar-refractivity contribution in [3.05, 3.63) is 29.8 Å². The molecule has 2 atom stereocenters. The van der Waals surface area contributed by atoms with E-state index in [1.165, 1.54) is 0 Å². The maximum atomic E-state index is 12.1. The van der Waals surface area contributed by atoms with Gasteiger partial charge in [-0.05, 0) is 12.5 Å². The summed E-state index contributed by atoms with van der Waals surface area (Å²) in [5.41, 5.74) is 0.967. The molecule has 0 radical (unpaired) electrons. The molecule has 3 rings (SSSR count). The Morgan fingerprint density at radius 3 is 2.91 bits per heavy atom. The Kier molecular flexibility index (Phi) is 3.95. The van der Waals surface area contributed by atoms with Crippen molar-refractivity contribution in [1.82, 2.24) is 16.0 Å². The molecular formula is C15H17N3O4. The number of ether oxygens (including phenoxy) is 1. The number of fused-ring (bicyclic) bond motifs is 1. The van der Waals surface area contributed by atoms with E-state index in [-0.39, 0.29) is 30.7 Å². The van der Waals surface area contributed by atoms with E-state index < -0.39 is 12.1 Å². The molecule has 1 aromatic carbocycles. The predicted octanol–water partition coefficient (Wildman–Crippen LogP) is 0.615. The summed E-state index contributed by atoms with van der Waals surface area (Å²) in [7, 11) is 0. The molecule has 1 fully saturated rings. The standard InChI is InChI=1S/C15H17N3O4/c19-13(6-5-11-14(20)18-15(21)17-11)16-10-7-8-22-12-4-2-1-3-9(10)12/h1-4,10-11H,5-8H2,(H,16,19)(H2,17,18,20,21)/t10-,11-/m1/s1. The largest absolute Gasteiger partial charge is 0.493 e. The highest BCUT2D eigenvalue weighted by Gasteiger charge is 2.30. The van der Waals surface area contributed by atoms with Gasteiger partial charge in [-0.15, -0.1) is 0 Å². The first-order valence-electron chi connectivity index (χ1n) is 7.26. The molecule has 0 aromatic heterocycles. The van der Waals surface area contributed by atoms with E-state index in [0.29, 0.717) is 13.0 Å². The lowest BCUT2D eigenvalue weighted by atomic mass is 10.00. The molecule has 0 unspecified atom stereocenters. The first-order valence-corrected chi connectivity index (χ1v) is 7.26. The van der Waals surface area contributed by atoms with E-state index in [9.17, 15) is 14.4 Å². The van der Waals surface area contributed by atoms with Crippen LogP contribution in [0.15, 0.2) is 24.3 Å². The minimum absolute atomic E-state index is 0.0792. The van der Waals surface area contributed by atoms with Crippen molar-refractivity contribution in [3.63, 3.8) is 0 Å². The van der Waals surface area contributed by atoms with E-state index >= 15 is 0 Å². The molecule has 22 heavy (non-hydrogen) atoms. The Hall–Kier alpha value is -2.57.